The number of nitrogens with one attached hydrogen (secondary N) is 2. The standard InChI is InChI=1S/C15H31N3O2/c1-3-10-18(12-14-5-8-16-9-6-14)13-15(19)17-7-4-11-20-2/h14,16H,3-13H2,1-2H3,(H,17,19). The molecule has 0 aliphatic carbocycles. The summed E-state index contributed by atoms with van der Waals surface area (Å²) in [4.78, 5) is 14.2. The molecule has 118 valence electrons. The lowest BCUT2D eigenvalue weighted by atomic mass is 9.97. The highest BCUT2D eigenvalue weighted by Crippen LogP contribution is 2.13. The first-order valence-electron chi connectivity index (χ1n) is 7.95. The number of carbonyl (C=O) groups excluding carboxylic acids is 1. The lowest BCUT2D eigenvalue weighted by Gasteiger charge is -2.29. The van der Waals surface area contributed by atoms with E-state index in [4.69, 9.17) is 4.74 Å². The van der Waals surface area contributed by atoms with Crippen molar-refractivity contribution in [1.29, 1.82) is 0 Å². The fraction of sp³-hybridized carbons (Fsp3) is 0.933. The van der Waals surface area contributed by atoms with Crippen LogP contribution in [0.4, 0.5) is 0 Å². The molecule has 0 unspecified atom stereocenters. The molecule has 0 bridgehead atoms. The Balaban J connectivity index is 2.24. The van der Waals surface area contributed by atoms with Gasteiger partial charge >= 0.3 is 0 Å². The first-order chi connectivity index (χ1) is 9.76. The van der Waals surface area contributed by atoms with Crippen LogP contribution >= 0.6 is 0 Å². The first-order valence-corrected chi connectivity index (χ1v) is 7.95. The van der Waals surface area contributed by atoms with Crippen molar-refractivity contribution in [2.75, 3.05) is 53.0 Å². The van der Waals surface area contributed by atoms with Crippen LogP contribution in [-0.2, 0) is 9.53 Å². The Morgan fingerprint density at radius 1 is 1.40 bits per heavy atom. The Morgan fingerprint density at radius 2 is 2.15 bits per heavy atom. The summed E-state index contributed by atoms with van der Waals surface area (Å²) in [5.74, 6) is 0.882. The maximum Gasteiger partial charge on any atom is 0.234 e. The van der Waals surface area contributed by atoms with Gasteiger partial charge in [-0.2, -0.15) is 0 Å². The predicted octanol–water partition coefficient (Wildman–Crippen LogP) is 0.851. The molecule has 1 saturated heterocycles. The van der Waals surface area contributed by atoms with E-state index in [0.29, 0.717) is 19.7 Å². The molecule has 1 fully saturated rings. The second kappa shape index (κ2) is 11.1. The number of hydrogen-bond donors (Lipinski definition) is 2. The van der Waals surface area contributed by atoms with Crippen molar-refractivity contribution < 1.29 is 9.53 Å². The van der Waals surface area contributed by atoms with Gasteiger partial charge in [-0.15, -0.1) is 0 Å². The SMILES string of the molecule is CCCN(CC(=O)NCCCOC)CC1CCNCC1. The lowest BCUT2D eigenvalue weighted by molar-refractivity contribution is -0.122. The summed E-state index contributed by atoms with van der Waals surface area (Å²) >= 11 is 0. The van der Waals surface area contributed by atoms with Gasteiger partial charge in [-0.1, -0.05) is 6.92 Å². The highest BCUT2D eigenvalue weighted by atomic mass is 16.5. The predicted molar refractivity (Wildman–Crippen MR) is 81.8 cm³/mol. The monoisotopic (exact) mass is 285 g/mol. The van der Waals surface area contributed by atoms with Crippen molar-refractivity contribution in [1.82, 2.24) is 15.5 Å². The summed E-state index contributed by atoms with van der Waals surface area (Å²) in [6.07, 6.45) is 4.44. The molecule has 0 aromatic heterocycles. The first kappa shape index (κ1) is 17.4. The molecule has 1 rings (SSSR count). The Bertz CT molecular complexity index is 256. The van der Waals surface area contributed by atoms with Gasteiger partial charge in [-0.05, 0) is 51.2 Å². The average Bonchev–Trinajstić information content (AvgIpc) is 2.45. The molecule has 20 heavy (non-hydrogen) atoms. The molecular formula is C15H31N3O2. The van der Waals surface area contributed by atoms with Gasteiger partial charge in [0.25, 0.3) is 0 Å². The molecule has 0 saturated carbocycles. The summed E-state index contributed by atoms with van der Waals surface area (Å²) in [6, 6.07) is 0. The molecule has 0 aromatic carbocycles. The highest BCUT2D eigenvalue weighted by molar-refractivity contribution is 5.77. The van der Waals surface area contributed by atoms with Crippen LogP contribution in [0.15, 0.2) is 0 Å². The highest BCUT2D eigenvalue weighted by Gasteiger charge is 2.18. The molecule has 0 spiro atoms. The Labute approximate surface area is 123 Å². The van der Waals surface area contributed by atoms with Crippen LogP contribution < -0.4 is 10.6 Å². The summed E-state index contributed by atoms with van der Waals surface area (Å²) in [5, 5.41) is 6.36. The molecule has 5 heteroatoms. The molecule has 1 amide bonds. The van der Waals surface area contributed by atoms with Gasteiger partial charge in [0, 0.05) is 26.8 Å². The third-order valence-corrected chi connectivity index (χ3v) is 3.73. The number of ether oxygens (including phenoxy) is 1. The van der Waals surface area contributed by atoms with Crippen LogP contribution in [0.1, 0.15) is 32.6 Å². The van der Waals surface area contributed by atoms with E-state index >= 15 is 0 Å². The molecule has 2 N–H and O–H groups in total. The third-order valence-electron chi connectivity index (χ3n) is 3.73. The fourth-order valence-electron chi connectivity index (χ4n) is 2.68. The number of nitrogens with zero attached hydrogens (tertiary/aromatic N) is 1. The average molecular weight is 285 g/mol. The minimum atomic E-state index is 0.142. The molecule has 0 atom stereocenters. The van der Waals surface area contributed by atoms with E-state index in [-0.39, 0.29) is 5.91 Å². The van der Waals surface area contributed by atoms with Crippen LogP contribution in [0.5, 0.6) is 0 Å². The van der Waals surface area contributed by atoms with Crippen LogP contribution in [0.25, 0.3) is 0 Å². The van der Waals surface area contributed by atoms with Crippen molar-refractivity contribution in [3.8, 4) is 0 Å². The van der Waals surface area contributed by atoms with Crippen molar-refractivity contribution in [3.05, 3.63) is 0 Å². The number of rotatable bonds is 10. The summed E-state index contributed by atoms with van der Waals surface area (Å²) in [5.41, 5.74) is 0. The van der Waals surface area contributed by atoms with Gasteiger partial charge in [-0.25, -0.2) is 0 Å². The molecule has 5 nitrogen and oxygen atoms in total. The minimum Gasteiger partial charge on any atom is -0.385 e. The number of methoxy groups -OCH3 is 1. The van der Waals surface area contributed by atoms with E-state index in [1.54, 1.807) is 7.11 Å². The van der Waals surface area contributed by atoms with Gasteiger partial charge in [-0.3, -0.25) is 9.69 Å². The Hall–Kier alpha value is -0.650. The van der Waals surface area contributed by atoms with Crippen LogP contribution in [-0.4, -0.2) is 63.8 Å². The lowest BCUT2D eigenvalue weighted by Crippen LogP contribution is -2.42. The zero-order valence-electron chi connectivity index (χ0n) is 13.1. The molecule has 0 radical (unpaired) electrons. The second-order valence-corrected chi connectivity index (χ2v) is 5.62. The Kier molecular flexibility index (Phi) is 9.62. The zero-order valence-corrected chi connectivity index (χ0v) is 13.1. The van der Waals surface area contributed by atoms with Gasteiger partial charge in [0.2, 0.25) is 5.91 Å². The van der Waals surface area contributed by atoms with Crippen molar-refractivity contribution in [3.63, 3.8) is 0 Å². The van der Waals surface area contributed by atoms with Crippen LogP contribution in [0.2, 0.25) is 0 Å². The quantitative estimate of drug-likeness (QED) is 0.584. The largest absolute Gasteiger partial charge is 0.385 e. The van der Waals surface area contributed by atoms with E-state index in [9.17, 15) is 4.79 Å². The fourth-order valence-corrected chi connectivity index (χ4v) is 2.68. The number of piperidine rings is 1. The summed E-state index contributed by atoms with van der Waals surface area (Å²) in [6.45, 7) is 8.42. The third kappa shape index (κ3) is 7.82. The molecule has 0 aromatic rings. The molecule has 1 heterocycles. The van der Waals surface area contributed by atoms with Crippen molar-refractivity contribution in [2.24, 2.45) is 5.92 Å². The maximum absolute atomic E-state index is 11.9. The van der Waals surface area contributed by atoms with Crippen LogP contribution in [0, 0.1) is 5.92 Å². The van der Waals surface area contributed by atoms with Crippen molar-refractivity contribution in [2.45, 2.75) is 32.6 Å². The molecular weight excluding hydrogens is 254 g/mol. The van der Waals surface area contributed by atoms with Crippen molar-refractivity contribution >= 4 is 5.91 Å². The van der Waals surface area contributed by atoms with E-state index in [2.05, 4.69) is 22.5 Å². The number of hydrogen-bond acceptors (Lipinski definition) is 4. The minimum absolute atomic E-state index is 0.142. The van der Waals surface area contributed by atoms with Gasteiger partial charge in [0.1, 0.15) is 0 Å². The molecule has 1 aliphatic rings. The normalized spacial score (nSPS) is 16.6. The van der Waals surface area contributed by atoms with E-state index < -0.39 is 0 Å². The number of carbonyl (C=O) groups is 1. The van der Waals surface area contributed by atoms with Gasteiger partial charge < -0.3 is 15.4 Å². The molecule has 1 aliphatic heterocycles. The topological polar surface area (TPSA) is 53.6 Å². The van der Waals surface area contributed by atoms with Gasteiger partial charge in [0.05, 0.1) is 6.54 Å². The second-order valence-electron chi connectivity index (χ2n) is 5.62. The summed E-state index contributed by atoms with van der Waals surface area (Å²) in [7, 11) is 1.68. The number of amides is 1. The smallest absolute Gasteiger partial charge is 0.234 e. The van der Waals surface area contributed by atoms with E-state index in [1.807, 2.05) is 0 Å². The van der Waals surface area contributed by atoms with E-state index in [1.165, 1.54) is 12.8 Å². The van der Waals surface area contributed by atoms with Gasteiger partial charge in [0.15, 0.2) is 0 Å². The van der Waals surface area contributed by atoms with E-state index in [0.717, 1.165) is 44.9 Å². The maximum atomic E-state index is 11.9. The Morgan fingerprint density at radius 3 is 2.80 bits per heavy atom. The zero-order chi connectivity index (χ0) is 14.6. The summed E-state index contributed by atoms with van der Waals surface area (Å²) < 4.78 is 4.98. The van der Waals surface area contributed by atoms with Crippen LogP contribution in [0.3, 0.4) is 0 Å².